The molecule has 0 saturated heterocycles. The summed E-state index contributed by atoms with van der Waals surface area (Å²) >= 11 is 0. The average Bonchev–Trinajstić information content (AvgIpc) is 2.97. The van der Waals surface area contributed by atoms with E-state index in [0.717, 1.165) is 17.2 Å². The van der Waals surface area contributed by atoms with Crippen LogP contribution >= 0.6 is 0 Å². The summed E-state index contributed by atoms with van der Waals surface area (Å²) in [5.74, 6) is 0.399. The summed E-state index contributed by atoms with van der Waals surface area (Å²) in [6.45, 7) is 1.95. The van der Waals surface area contributed by atoms with Gasteiger partial charge in [-0.15, -0.1) is 0 Å². The van der Waals surface area contributed by atoms with Gasteiger partial charge in [-0.25, -0.2) is 4.98 Å². The molecular weight excluding hydrogens is 291 g/mol. The lowest BCUT2D eigenvalue weighted by atomic mass is 10.1. The lowest BCUT2D eigenvalue weighted by Crippen LogP contribution is -2.06. The fraction of sp³-hybridized carbons (Fsp3) is 0.118. The Morgan fingerprint density at radius 1 is 0.955 bits per heavy atom. The molecule has 112 valence electrons. The summed E-state index contributed by atoms with van der Waals surface area (Å²) in [6, 6.07) is 12.7. The highest BCUT2D eigenvalue weighted by Crippen LogP contribution is 2.37. The van der Waals surface area contributed by atoms with Crippen LogP contribution in [0.15, 0.2) is 59.1 Å². The van der Waals surface area contributed by atoms with Crippen LogP contribution < -0.4 is 0 Å². The van der Waals surface area contributed by atoms with Gasteiger partial charge in [-0.3, -0.25) is 0 Å². The quantitative estimate of drug-likeness (QED) is 0.639. The number of alkyl halides is 3. The minimum Gasteiger partial charge on any atom is -0.436 e. The molecule has 0 bridgehead atoms. The average molecular weight is 303 g/mol. The van der Waals surface area contributed by atoms with Crippen LogP contribution in [0.3, 0.4) is 0 Å². The number of aryl methyl sites for hydroxylation is 1. The van der Waals surface area contributed by atoms with Crippen LogP contribution in [0.5, 0.6) is 0 Å². The normalized spacial score (nSPS) is 11.6. The number of rotatable bonds is 2. The summed E-state index contributed by atoms with van der Waals surface area (Å²) in [7, 11) is 0. The van der Waals surface area contributed by atoms with Gasteiger partial charge in [0.15, 0.2) is 5.76 Å². The van der Waals surface area contributed by atoms with Gasteiger partial charge in [-0.2, -0.15) is 13.2 Å². The van der Waals surface area contributed by atoms with Gasteiger partial charge in [0.05, 0.1) is 11.8 Å². The van der Waals surface area contributed by atoms with Crippen LogP contribution in [-0.4, -0.2) is 4.98 Å². The second-order valence-corrected chi connectivity index (χ2v) is 4.94. The van der Waals surface area contributed by atoms with Gasteiger partial charge in [-0.1, -0.05) is 42.0 Å². The Balaban J connectivity index is 2.03. The number of aromatic nitrogens is 1. The molecule has 22 heavy (non-hydrogen) atoms. The summed E-state index contributed by atoms with van der Waals surface area (Å²) in [6.07, 6.45) is -3.01. The number of hydrogen-bond donors (Lipinski definition) is 0. The van der Waals surface area contributed by atoms with Gasteiger partial charge < -0.3 is 4.42 Å². The van der Waals surface area contributed by atoms with Crippen LogP contribution in [0, 0.1) is 6.92 Å². The van der Waals surface area contributed by atoms with Gasteiger partial charge in [-0.05, 0) is 19.1 Å². The molecule has 0 amide bonds. The maximum atomic E-state index is 13.0. The highest BCUT2D eigenvalue weighted by Gasteiger charge is 2.34. The molecule has 0 fully saturated rings. The largest absolute Gasteiger partial charge is 0.436 e. The number of halogens is 3. The van der Waals surface area contributed by atoms with Crippen LogP contribution in [0.25, 0.3) is 22.8 Å². The maximum Gasteiger partial charge on any atom is 0.417 e. The highest BCUT2D eigenvalue weighted by molar-refractivity contribution is 5.64. The molecule has 0 unspecified atom stereocenters. The first-order chi connectivity index (χ1) is 10.4. The van der Waals surface area contributed by atoms with Crippen LogP contribution in [0.2, 0.25) is 0 Å². The Labute approximate surface area is 125 Å². The maximum absolute atomic E-state index is 13.0. The molecule has 3 rings (SSSR count). The first-order valence-electron chi connectivity index (χ1n) is 6.64. The Bertz CT molecular complexity index is 788. The molecule has 1 heterocycles. The lowest BCUT2D eigenvalue weighted by Gasteiger charge is -2.09. The molecule has 2 aromatic carbocycles. The smallest absolute Gasteiger partial charge is 0.417 e. The Kier molecular flexibility index (Phi) is 3.48. The van der Waals surface area contributed by atoms with Gasteiger partial charge in [0.2, 0.25) is 5.89 Å². The molecule has 0 aliphatic carbocycles. The van der Waals surface area contributed by atoms with Crippen molar-refractivity contribution in [2.45, 2.75) is 13.1 Å². The van der Waals surface area contributed by atoms with E-state index >= 15 is 0 Å². The summed E-state index contributed by atoms with van der Waals surface area (Å²) in [4.78, 5) is 3.99. The number of nitrogens with zero attached hydrogens (tertiary/aromatic N) is 1. The molecule has 0 radical (unpaired) electrons. The molecule has 0 aliphatic rings. The van der Waals surface area contributed by atoms with E-state index in [1.807, 2.05) is 31.2 Å². The van der Waals surface area contributed by atoms with E-state index in [0.29, 0.717) is 5.76 Å². The van der Waals surface area contributed by atoms with Crippen molar-refractivity contribution in [1.82, 2.24) is 4.98 Å². The molecule has 0 aliphatic heterocycles. The standard InChI is InChI=1S/C17H12F3NO/c1-11-6-8-12(9-7-11)15-10-21-16(22-15)13-4-2-3-5-14(13)17(18,19)20/h2-10H,1H3. The molecule has 0 saturated carbocycles. The zero-order valence-electron chi connectivity index (χ0n) is 11.7. The zero-order chi connectivity index (χ0) is 15.7. The summed E-state index contributed by atoms with van der Waals surface area (Å²) in [5.41, 5.74) is 1.04. The van der Waals surface area contributed by atoms with E-state index in [4.69, 9.17) is 4.42 Å². The first-order valence-corrected chi connectivity index (χ1v) is 6.64. The molecule has 0 N–H and O–H groups in total. The molecule has 3 aromatic rings. The third-order valence-corrected chi connectivity index (χ3v) is 3.30. The zero-order valence-corrected chi connectivity index (χ0v) is 11.7. The second kappa shape index (κ2) is 5.33. The van der Waals surface area contributed by atoms with Crippen molar-refractivity contribution in [2.75, 3.05) is 0 Å². The summed E-state index contributed by atoms with van der Waals surface area (Å²) in [5, 5.41) is 0. The molecule has 0 atom stereocenters. The molecular formula is C17H12F3NO. The molecule has 2 nitrogen and oxygen atoms in total. The Morgan fingerprint density at radius 3 is 2.32 bits per heavy atom. The number of hydrogen-bond acceptors (Lipinski definition) is 2. The van der Waals surface area contributed by atoms with Crippen molar-refractivity contribution in [3.05, 3.63) is 65.9 Å². The summed E-state index contributed by atoms with van der Waals surface area (Å²) < 4.78 is 44.6. The Hall–Kier alpha value is -2.56. The van der Waals surface area contributed by atoms with Gasteiger partial charge >= 0.3 is 6.18 Å². The van der Waals surface area contributed by atoms with Gasteiger partial charge in [0.25, 0.3) is 0 Å². The van der Waals surface area contributed by atoms with Crippen molar-refractivity contribution in [1.29, 1.82) is 0 Å². The van der Waals surface area contributed by atoms with E-state index < -0.39 is 11.7 Å². The van der Waals surface area contributed by atoms with E-state index in [1.54, 1.807) is 0 Å². The monoisotopic (exact) mass is 303 g/mol. The minimum absolute atomic E-state index is 0.0384. The minimum atomic E-state index is -4.45. The topological polar surface area (TPSA) is 26.0 Å². The van der Waals surface area contributed by atoms with Crippen molar-refractivity contribution in [3.8, 4) is 22.8 Å². The SMILES string of the molecule is Cc1ccc(-c2cnc(-c3ccccc3C(F)(F)F)o2)cc1. The lowest BCUT2D eigenvalue weighted by molar-refractivity contribution is -0.137. The van der Waals surface area contributed by atoms with Crippen molar-refractivity contribution in [2.24, 2.45) is 0 Å². The van der Waals surface area contributed by atoms with Crippen LogP contribution in [0.4, 0.5) is 13.2 Å². The molecule has 5 heteroatoms. The van der Waals surface area contributed by atoms with Crippen molar-refractivity contribution in [3.63, 3.8) is 0 Å². The van der Waals surface area contributed by atoms with E-state index in [2.05, 4.69) is 4.98 Å². The van der Waals surface area contributed by atoms with Gasteiger partial charge in [0, 0.05) is 11.1 Å². The number of benzene rings is 2. The predicted octanol–water partition coefficient (Wildman–Crippen LogP) is 5.34. The predicted molar refractivity (Wildman–Crippen MR) is 77.1 cm³/mol. The van der Waals surface area contributed by atoms with Gasteiger partial charge in [0.1, 0.15) is 0 Å². The molecule has 1 aromatic heterocycles. The van der Waals surface area contributed by atoms with E-state index in [1.165, 1.54) is 24.4 Å². The number of oxazole rings is 1. The molecule has 0 spiro atoms. The first kappa shape index (κ1) is 14.4. The third-order valence-electron chi connectivity index (χ3n) is 3.30. The highest BCUT2D eigenvalue weighted by atomic mass is 19.4. The third kappa shape index (κ3) is 2.74. The van der Waals surface area contributed by atoms with E-state index in [-0.39, 0.29) is 11.5 Å². The van der Waals surface area contributed by atoms with E-state index in [9.17, 15) is 13.2 Å². The van der Waals surface area contributed by atoms with Crippen LogP contribution in [-0.2, 0) is 6.18 Å². The second-order valence-electron chi connectivity index (χ2n) is 4.94. The van der Waals surface area contributed by atoms with Crippen LogP contribution in [0.1, 0.15) is 11.1 Å². The fourth-order valence-electron chi connectivity index (χ4n) is 2.17. The fourth-order valence-corrected chi connectivity index (χ4v) is 2.17. The van der Waals surface area contributed by atoms with Crippen molar-refractivity contribution < 1.29 is 17.6 Å². The Morgan fingerprint density at radius 2 is 1.64 bits per heavy atom. The van der Waals surface area contributed by atoms with Crippen molar-refractivity contribution >= 4 is 0 Å².